The molecule has 9 nitrogen and oxygen atoms in total. The van der Waals surface area contributed by atoms with E-state index >= 15 is 0 Å². The first kappa shape index (κ1) is 24.0. The van der Waals surface area contributed by atoms with Gasteiger partial charge in [-0.3, -0.25) is 14.5 Å². The lowest BCUT2D eigenvalue weighted by molar-refractivity contribution is -0.120. The standard InChI is InChI=1S/C23H26N4O5S2/c1-23(2,20-13-33-22(26-20)27-34(29,30)17-6-7-17)21(28)25-18-8-5-14(10-19(18)32-4)15-9-16(31-3)12-24-11-15/h5,8-13,17H,6-7H2,1-4H3,(H,25,28)(H,26,27). The summed E-state index contributed by atoms with van der Waals surface area (Å²) < 4.78 is 37.6. The number of ether oxygens (including phenoxy) is 2. The van der Waals surface area contributed by atoms with Crippen molar-refractivity contribution < 1.29 is 22.7 Å². The molecule has 2 heterocycles. The molecule has 34 heavy (non-hydrogen) atoms. The van der Waals surface area contributed by atoms with E-state index in [0.717, 1.165) is 22.5 Å². The minimum Gasteiger partial charge on any atom is -0.495 e. The Morgan fingerprint density at radius 1 is 1.12 bits per heavy atom. The van der Waals surface area contributed by atoms with Crippen molar-refractivity contribution in [2.75, 3.05) is 24.3 Å². The van der Waals surface area contributed by atoms with Crippen molar-refractivity contribution in [2.45, 2.75) is 37.4 Å². The smallest absolute Gasteiger partial charge is 0.237 e. The Morgan fingerprint density at radius 3 is 2.56 bits per heavy atom. The largest absolute Gasteiger partial charge is 0.495 e. The van der Waals surface area contributed by atoms with Crippen LogP contribution in [0.2, 0.25) is 0 Å². The molecule has 2 N–H and O–H groups in total. The Bertz CT molecular complexity index is 1320. The van der Waals surface area contributed by atoms with Gasteiger partial charge in [0.1, 0.15) is 11.5 Å². The third-order valence-corrected chi connectivity index (χ3v) is 8.35. The predicted octanol–water partition coefficient (Wildman–Crippen LogP) is 4.04. The fraction of sp³-hybridized carbons (Fsp3) is 0.348. The van der Waals surface area contributed by atoms with E-state index in [1.807, 2.05) is 18.2 Å². The van der Waals surface area contributed by atoms with Gasteiger partial charge in [-0.15, -0.1) is 11.3 Å². The second-order valence-electron chi connectivity index (χ2n) is 8.49. The number of aromatic nitrogens is 2. The summed E-state index contributed by atoms with van der Waals surface area (Å²) in [5, 5.41) is 4.52. The highest BCUT2D eigenvalue weighted by atomic mass is 32.2. The quantitative estimate of drug-likeness (QED) is 0.453. The van der Waals surface area contributed by atoms with Crippen LogP contribution >= 0.6 is 11.3 Å². The second-order valence-corrected chi connectivity index (χ2v) is 11.3. The van der Waals surface area contributed by atoms with Gasteiger partial charge in [0, 0.05) is 17.1 Å². The molecule has 0 atom stereocenters. The Hall–Kier alpha value is -3.18. The van der Waals surface area contributed by atoms with E-state index in [2.05, 4.69) is 20.0 Å². The van der Waals surface area contributed by atoms with E-state index in [0.29, 0.717) is 35.7 Å². The number of pyridine rings is 1. The van der Waals surface area contributed by atoms with Gasteiger partial charge in [0.2, 0.25) is 15.9 Å². The van der Waals surface area contributed by atoms with Gasteiger partial charge < -0.3 is 14.8 Å². The van der Waals surface area contributed by atoms with E-state index in [4.69, 9.17) is 9.47 Å². The number of benzene rings is 1. The van der Waals surface area contributed by atoms with E-state index in [1.165, 1.54) is 7.11 Å². The summed E-state index contributed by atoms with van der Waals surface area (Å²) in [6.45, 7) is 3.47. The van der Waals surface area contributed by atoms with Crippen LogP contribution in [0.1, 0.15) is 32.4 Å². The minimum atomic E-state index is -3.41. The van der Waals surface area contributed by atoms with Crippen LogP contribution in [0.3, 0.4) is 0 Å². The van der Waals surface area contributed by atoms with E-state index < -0.39 is 15.4 Å². The molecule has 1 aliphatic rings. The van der Waals surface area contributed by atoms with Crippen LogP contribution in [0.25, 0.3) is 11.1 Å². The zero-order chi connectivity index (χ0) is 24.5. The van der Waals surface area contributed by atoms with Crippen molar-refractivity contribution in [2.24, 2.45) is 0 Å². The fourth-order valence-electron chi connectivity index (χ4n) is 3.25. The Kier molecular flexibility index (Phi) is 6.50. The summed E-state index contributed by atoms with van der Waals surface area (Å²) in [7, 11) is -0.304. The number of methoxy groups -OCH3 is 2. The molecule has 180 valence electrons. The van der Waals surface area contributed by atoms with Gasteiger partial charge in [-0.2, -0.15) is 0 Å². The highest BCUT2D eigenvalue weighted by molar-refractivity contribution is 7.93. The molecule has 0 radical (unpaired) electrons. The number of sulfonamides is 1. The zero-order valence-corrected chi connectivity index (χ0v) is 20.9. The zero-order valence-electron chi connectivity index (χ0n) is 19.3. The van der Waals surface area contributed by atoms with E-state index in [9.17, 15) is 13.2 Å². The maximum Gasteiger partial charge on any atom is 0.237 e. The number of carbonyl (C=O) groups excluding carboxylic acids is 1. The van der Waals surface area contributed by atoms with Crippen molar-refractivity contribution in [1.29, 1.82) is 0 Å². The molecule has 3 aromatic rings. The Labute approximate surface area is 202 Å². The predicted molar refractivity (Wildman–Crippen MR) is 132 cm³/mol. The summed E-state index contributed by atoms with van der Waals surface area (Å²) in [5.41, 5.74) is 1.67. The lowest BCUT2D eigenvalue weighted by atomic mass is 9.89. The molecule has 0 bridgehead atoms. The molecule has 11 heteroatoms. The van der Waals surface area contributed by atoms with Crippen molar-refractivity contribution in [1.82, 2.24) is 9.97 Å². The molecule has 0 unspecified atom stereocenters. The van der Waals surface area contributed by atoms with Gasteiger partial charge in [0.05, 0.1) is 42.5 Å². The molecule has 1 amide bonds. The third kappa shape index (κ3) is 5.00. The first-order chi connectivity index (χ1) is 16.1. The van der Waals surface area contributed by atoms with Gasteiger partial charge in [0.25, 0.3) is 0 Å². The highest BCUT2D eigenvalue weighted by Crippen LogP contribution is 2.35. The number of anilines is 2. The monoisotopic (exact) mass is 502 g/mol. The average Bonchev–Trinajstić information content (AvgIpc) is 3.59. The van der Waals surface area contributed by atoms with Crippen molar-refractivity contribution in [3.05, 3.63) is 47.7 Å². The molecule has 1 aromatic carbocycles. The van der Waals surface area contributed by atoms with Gasteiger partial charge in [-0.1, -0.05) is 6.07 Å². The molecule has 1 saturated carbocycles. The SMILES string of the molecule is COc1cncc(-c2ccc(NC(=O)C(C)(C)c3csc(NS(=O)(=O)C4CC4)n3)c(OC)c2)c1. The topological polar surface area (TPSA) is 120 Å². The van der Waals surface area contributed by atoms with Crippen LogP contribution in [0.4, 0.5) is 10.8 Å². The molecule has 1 aliphatic carbocycles. The maximum absolute atomic E-state index is 13.2. The normalized spacial score (nSPS) is 13.9. The first-order valence-corrected chi connectivity index (χ1v) is 13.0. The molecular weight excluding hydrogens is 476 g/mol. The van der Waals surface area contributed by atoms with Crippen LogP contribution in [-0.2, 0) is 20.2 Å². The summed E-state index contributed by atoms with van der Waals surface area (Å²) in [6, 6.07) is 7.29. The average molecular weight is 503 g/mol. The van der Waals surface area contributed by atoms with Crippen LogP contribution in [0.5, 0.6) is 11.5 Å². The number of amides is 1. The summed E-state index contributed by atoms with van der Waals surface area (Å²) in [5.74, 6) is 0.821. The van der Waals surface area contributed by atoms with Gasteiger partial charge >= 0.3 is 0 Å². The van der Waals surface area contributed by atoms with Crippen LogP contribution in [-0.4, -0.2) is 43.8 Å². The highest BCUT2D eigenvalue weighted by Gasteiger charge is 2.37. The Morgan fingerprint density at radius 2 is 1.88 bits per heavy atom. The van der Waals surface area contributed by atoms with E-state index in [-0.39, 0.29) is 16.3 Å². The minimum absolute atomic E-state index is 0.261. The van der Waals surface area contributed by atoms with Gasteiger partial charge in [-0.05, 0) is 50.5 Å². The molecule has 0 saturated heterocycles. The molecule has 0 aliphatic heterocycles. The fourth-order valence-corrected chi connectivity index (χ4v) is 5.72. The lowest BCUT2D eigenvalue weighted by Gasteiger charge is -2.22. The second kappa shape index (κ2) is 9.22. The van der Waals surface area contributed by atoms with Gasteiger partial charge in [-0.25, -0.2) is 13.4 Å². The summed E-state index contributed by atoms with van der Waals surface area (Å²) in [4.78, 5) is 21.7. The molecule has 0 spiro atoms. The molecular formula is C23H26N4O5S2. The number of hydrogen-bond donors (Lipinski definition) is 2. The molecule has 4 rings (SSSR count). The number of thiazole rings is 1. The van der Waals surface area contributed by atoms with Gasteiger partial charge in [0.15, 0.2) is 5.13 Å². The molecule has 1 fully saturated rings. The van der Waals surface area contributed by atoms with Crippen molar-refractivity contribution in [3.63, 3.8) is 0 Å². The number of hydrogen-bond acceptors (Lipinski definition) is 8. The van der Waals surface area contributed by atoms with Crippen molar-refractivity contribution in [3.8, 4) is 22.6 Å². The number of rotatable bonds is 9. The van der Waals surface area contributed by atoms with E-state index in [1.54, 1.807) is 44.8 Å². The lowest BCUT2D eigenvalue weighted by Crippen LogP contribution is -2.35. The third-order valence-electron chi connectivity index (χ3n) is 5.64. The van der Waals surface area contributed by atoms with Crippen LogP contribution < -0.4 is 19.5 Å². The van der Waals surface area contributed by atoms with Crippen LogP contribution in [0, 0.1) is 0 Å². The maximum atomic E-state index is 13.2. The van der Waals surface area contributed by atoms with Crippen molar-refractivity contribution >= 4 is 38.1 Å². The summed E-state index contributed by atoms with van der Waals surface area (Å²) >= 11 is 1.16. The number of carbonyl (C=O) groups is 1. The van der Waals surface area contributed by atoms with Crippen LogP contribution in [0.15, 0.2) is 42.0 Å². The summed E-state index contributed by atoms with van der Waals surface area (Å²) in [6.07, 6.45) is 4.67. The Balaban J connectivity index is 1.52. The first-order valence-electron chi connectivity index (χ1n) is 10.6. The number of nitrogens with zero attached hydrogens (tertiary/aromatic N) is 2. The molecule has 2 aromatic heterocycles. The number of nitrogens with one attached hydrogen (secondary N) is 2.